The van der Waals surface area contributed by atoms with Gasteiger partial charge in [-0.25, -0.2) is 8.42 Å². The molecule has 0 bridgehead atoms. The van der Waals surface area contributed by atoms with Crippen LogP contribution >= 0.6 is 0 Å². The molecule has 1 fully saturated rings. The first-order chi connectivity index (χ1) is 14.9. The lowest BCUT2D eigenvalue weighted by molar-refractivity contribution is 0.0793. The van der Waals surface area contributed by atoms with Gasteiger partial charge in [-0.2, -0.15) is 0 Å². The molecule has 2 aliphatic heterocycles. The molecule has 0 aromatic heterocycles. The molecular weight excluding hydrogens is 414 g/mol. The van der Waals surface area contributed by atoms with Gasteiger partial charge < -0.3 is 10.2 Å². The van der Waals surface area contributed by atoms with Crippen molar-refractivity contribution in [1.29, 1.82) is 0 Å². The summed E-state index contributed by atoms with van der Waals surface area (Å²) in [6.07, 6.45) is 1.90. The lowest BCUT2D eigenvalue weighted by Gasteiger charge is -2.20. The quantitative estimate of drug-likeness (QED) is 0.652. The van der Waals surface area contributed by atoms with Crippen LogP contribution in [-0.4, -0.2) is 38.2 Å². The van der Waals surface area contributed by atoms with Crippen LogP contribution in [0.4, 0.5) is 11.4 Å². The molecule has 0 unspecified atom stereocenters. The van der Waals surface area contributed by atoms with E-state index in [2.05, 4.69) is 10.0 Å². The number of carbonyl (C=O) groups is 2. The maximum atomic E-state index is 13.4. The lowest BCUT2D eigenvalue weighted by atomic mass is 10.1. The first-order valence-electron chi connectivity index (χ1n) is 10.2. The number of nitrogens with zero attached hydrogens (tertiary/aromatic N) is 1. The number of likely N-dealkylation sites (tertiary alicyclic amines) is 1. The van der Waals surface area contributed by atoms with Crippen LogP contribution in [0.25, 0.3) is 10.8 Å². The highest BCUT2D eigenvalue weighted by Crippen LogP contribution is 2.37. The van der Waals surface area contributed by atoms with Gasteiger partial charge in [0.05, 0.1) is 16.1 Å². The predicted octanol–water partition coefficient (Wildman–Crippen LogP) is 3.75. The Hall–Kier alpha value is -3.39. The van der Waals surface area contributed by atoms with Crippen molar-refractivity contribution in [2.24, 2.45) is 0 Å². The number of hydrogen-bond acceptors (Lipinski definition) is 4. The van der Waals surface area contributed by atoms with Crippen LogP contribution in [0.5, 0.6) is 0 Å². The molecule has 31 heavy (non-hydrogen) atoms. The number of carbonyl (C=O) groups excluding carboxylic acids is 2. The maximum Gasteiger partial charge on any atom is 0.262 e. The molecule has 0 aliphatic carbocycles. The van der Waals surface area contributed by atoms with Crippen molar-refractivity contribution in [1.82, 2.24) is 4.90 Å². The van der Waals surface area contributed by atoms with Crippen molar-refractivity contribution in [2.75, 3.05) is 23.1 Å². The summed E-state index contributed by atoms with van der Waals surface area (Å²) >= 11 is 0. The van der Waals surface area contributed by atoms with E-state index in [9.17, 15) is 18.0 Å². The third-order valence-corrected chi connectivity index (χ3v) is 7.33. The van der Waals surface area contributed by atoms with Crippen LogP contribution in [0.3, 0.4) is 0 Å². The fourth-order valence-electron chi connectivity index (χ4n) is 4.41. The van der Waals surface area contributed by atoms with Crippen LogP contribution < -0.4 is 10.0 Å². The highest BCUT2D eigenvalue weighted by Gasteiger charge is 2.29. The van der Waals surface area contributed by atoms with Crippen LogP contribution in [0.1, 0.15) is 39.1 Å². The van der Waals surface area contributed by atoms with E-state index in [0.717, 1.165) is 12.8 Å². The number of nitrogens with one attached hydrogen (secondary N) is 2. The third kappa shape index (κ3) is 3.14. The van der Waals surface area contributed by atoms with Crippen LogP contribution in [0.15, 0.2) is 53.4 Å². The number of aryl methyl sites for hydroxylation is 1. The summed E-state index contributed by atoms with van der Waals surface area (Å²) in [6.45, 7) is 3.15. The summed E-state index contributed by atoms with van der Waals surface area (Å²) in [6, 6.07) is 13.2. The Bertz CT molecular complexity index is 1360. The zero-order valence-corrected chi connectivity index (χ0v) is 17.8. The second kappa shape index (κ2) is 7.09. The second-order valence-electron chi connectivity index (χ2n) is 7.90. The zero-order chi connectivity index (χ0) is 21.8. The Morgan fingerprint density at radius 2 is 1.77 bits per heavy atom. The summed E-state index contributed by atoms with van der Waals surface area (Å²) in [5.74, 6) is -0.413. The van der Waals surface area contributed by atoms with Crippen LogP contribution in [0.2, 0.25) is 0 Å². The Kier molecular flexibility index (Phi) is 4.48. The van der Waals surface area contributed by atoms with Gasteiger partial charge in [0.2, 0.25) is 0 Å². The van der Waals surface area contributed by atoms with Crippen molar-refractivity contribution >= 4 is 44.0 Å². The van der Waals surface area contributed by atoms with E-state index in [1.165, 1.54) is 6.07 Å². The van der Waals surface area contributed by atoms with E-state index in [0.29, 0.717) is 46.2 Å². The Labute approximate surface area is 180 Å². The smallest absolute Gasteiger partial charge is 0.262 e. The topological polar surface area (TPSA) is 95.6 Å². The molecule has 1 saturated heterocycles. The standard InChI is InChI=1S/C23H21N3O4S/c1-14-6-4-9-18(20(14)23(28)26-12-2-3-13-26)25-31(29,30)19-11-10-17-21-15(19)7-5-8-16(21)22(27)24-17/h4-11,25H,2-3,12-13H2,1H3,(H,24,27). The number of rotatable bonds is 4. The van der Waals surface area contributed by atoms with Gasteiger partial charge in [-0.05, 0) is 49.6 Å². The lowest BCUT2D eigenvalue weighted by Crippen LogP contribution is -2.29. The summed E-state index contributed by atoms with van der Waals surface area (Å²) in [5.41, 5.74) is 2.39. The molecule has 158 valence electrons. The number of sulfonamides is 1. The van der Waals surface area contributed by atoms with Gasteiger partial charge in [-0.15, -0.1) is 0 Å². The zero-order valence-electron chi connectivity index (χ0n) is 16.9. The number of amides is 2. The molecule has 0 saturated carbocycles. The van der Waals surface area contributed by atoms with E-state index in [1.807, 2.05) is 0 Å². The molecule has 0 atom stereocenters. The minimum absolute atomic E-state index is 0.0608. The molecule has 0 radical (unpaired) electrons. The fraction of sp³-hybridized carbons (Fsp3) is 0.217. The molecule has 8 heteroatoms. The molecule has 5 rings (SSSR count). The van der Waals surface area contributed by atoms with Crippen molar-refractivity contribution < 1.29 is 18.0 Å². The number of benzene rings is 3. The monoisotopic (exact) mass is 435 g/mol. The number of hydrogen-bond donors (Lipinski definition) is 2. The maximum absolute atomic E-state index is 13.4. The Morgan fingerprint density at radius 3 is 2.55 bits per heavy atom. The molecular formula is C23H21N3O4S. The Morgan fingerprint density at radius 1 is 1.03 bits per heavy atom. The van der Waals surface area contributed by atoms with Gasteiger partial charge in [0.15, 0.2) is 0 Å². The van der Waals surface area contributed by atoms with Gasteiger partial charge in [0.25, 0.3) is 21.8 Å². The molecule has 3 aromatic carbocycles. The first kappa shape index (κ1) is 19.6. The molecule has 7 nitrogen and oxygen atoms in total. The van der Waals surface area contributed by atoms with E-state index in [4.69, 9.17) is 0 Å². The highest BCUT2D eigenvalue weighted by molar-refractivity contribution is 7.93. The van der Waals surface area contributed by atoms with Gasteiger partial charge in [-0.3, -0.25) is 14.3 Å². The highest BCUT2D eigenvalue weighted by atomic mass is 32.2. The molecule has 2 amide bonds. The van der Waals surface area contributed by atoms with Crippen molar-refractivity contribution in [3.8, 4) is 0 Å². The molecule has 3 aromatic rings. The minimum Gasteiger partial charge on any atom is -0.339 e. The predicted molar refractivity (Wildman–Crippen MR) is 119 cm³/mol. The van der Waals surface area contributed by atoms with E-state index >= 15 is 0 Å². The van der Waals surface area contributed by atoms with Crippen molar-refractivity contribution in [3.63, 3.8) is 0 Å². The van der Waals surface area contributed by atoms with Crippen molar-refractivity contribution in [3.05, 3.63) is 65.2 Å². The first-order valence-corrected chi connectivity index (χ1v) is 11.6. The Balaban J connectivity index is 1.59. The van der Waals surface area contributed by atoms with Gasteiger partial charge in [-0.1, -0.05) is 24.3 Å². The van der Waals surface area contributed by atoms with Crippen molar-refractivity contribution in [2.45, 2.75) is 24.7 Å². The number of anilines is 2. The molecule has 2 heterocycles. The summed E-state index contributed by atoms with van der Waals surface area (Å²) in [4.78, 5) is 27.1. The van der Waals surface area contributed by atoms with E-state index in [1.54, 1.807) is 54.3 Å². The molecule has 2 N–H and O–H groups in total. The minimum atomic E-state index is -4.02. The summed E-state index contributed by atoms with van der Waals surface area (Å²) < 4.78 is 29.4. The van der Waals surface area contributed by atoms with Crippen LogP contribution in [0, 0.1) is 6.92 Å². The second-order valence-corrected chi connectivity index (χ2v) is 9.55. The van der Waals surface area contributed by atoms with E-state index in [-0.39, 0.29) is 22.4 Å². The average Bonchev–Trinajstić information content (AvgIpc) is 3.37. The third-order valence-electron chi connectivity index (χ3n) is 5.91. The van der Waals surface area contributed by atoms with Crippen LogP contribution in [-0.2, 0) is 10.0 Å². The van der Waals surface area contributed by atoms with Gasteiger partial charge in [0.1, 0.15) is 0 Å². The van der Waals surface area contributed by atoms with Gasteiger partial charge >= 0.3 is 0 Å². The molecule has 2 aliphatic rings. The fourth-order valence-corrected chi connectivity index (χ4v) is 5.69. The molecule has 0 spiro atoms. The summed E-state index contributed by atoms with van der Waals surface area (Å²) in [7, 11) is -4.02. The van der Waals surface area contributed by atoms with Gasteiger partial charge in [0, 0.05) is 35.1 Å². The largest absolute Gasteiger partial charge is 0.339 e. The normalized spacial score (nSPS) is 15.4. The SMILES string of the molecule is Cc1cccc(NS(=O)(=O)c2ccc3c4c(cccc24)C(=O)N3)c1C(=O)N1CCCC1. The van der Waals surface area contributed by atoms with E-state index < -0.39 is 10.0 Å². The average molecular weight is 436 g/mol. The summed E-state index contributed by atoms with van der Waals surface area (Å²) in [5, 5.41) is 3.81.